The van der Waals surface area contributed by atoms with Crippen molar-refractivity contribution in [3.8, 4) is 0 Å². The molecule has 1 aliphatic carbocycles. The molecular weight excluding hydrogens is 307 g/mol. The lowest BCUT2D eigenvalue weighted by molar-refractivity contribution is -0.147. The molecule has 132 valence electrons. The van der Waals surface area contributed by atoms with Crippen LogP contribution in [0.2, 0.25) is 0 Å². The van der Waals surface area contributed by atoms with Crippen LogP contribution in [0.5, 0.6) is 0 Å². The van der Waals surface area contributed by atoms with E-state index in [0.29, 0.717) is 38.5 Å². The highest BCUT2D eigenvalue weighted by atomic mass is 19.4. The van der Waals surface area contributed by atoms with Gasteiger partial charge >= 0.3 is 6.18 Å². The number of amides is 1. The van der Waals surface area contributed by atoms with Gasteiger partial charge in [-0.2, -0.15) is 13.2 Å². The lowest BCUT2D eigenvalue weighted by atomic mass is 9.67. The van der Waals surface area contributed by atoms with Crippen LogP contribution in [0.1, 0.15) is 32.1 Å². The van der Waals surface area contributed by atoms with E-state index in [-0.39, 0.29) is 11.3 Å². The van der Waals surface area contributed by atoms with Crippen LogP contribution >= 0.6 is 0 Å². The number of hydrogen-bond acceptors (Lipinski definition) is 3. The minimum Gasteiger partial charge on any atom is -0.341 e. The molecule has 0 aromatic rings. The Bertz CT molecular complexity index is 443. The third-order valence-corrected chi connectivity index (χ3v) is 5.74. The van der Waals surface area contributed by atoms with Crippen LogP contribution < -0.4 is 5.32 Å². The average Bonchev–Trinajstić information content (AvgIpc) is 2.81. The van der Waals surface area contributed by atoms with E-state index in [2.05, 4.69) is 5.32 Å². The van der Waals surface area contributed by atoms with E-state index < -0.39 is 12.7 Å². The molecule has 0 spiro atoms. The Labute approximate surface area is 135 Å². The van der Waals surface area contributed by atoms with Gasteiger partial charge in [-0.05, 0) is 31.7 Å². The second-order valence-corrected chi connectivity index (χ2v) is 7.27. The normalized spacial score (nSPS) is 33.3. The molecule has 0 bridgehead atoms. The maximum atomic E-state index is 13.1. The highest BCUT2D eigenvalue weighted by molar-refractivity contribution is 5.84. The van der Waals surface area contributed by atoms with Crippen LogP contribution in [-0.4, -0.2) is 67.7 Å². The number of rotatable bonds is 2. The highest BCUT2D eigenvalue weighted by Gasteiger charge is 2.51. The summed E-state index contributed by atoms with van der Waals surface area (Å²) in [6.07, 6.45) is 0.732. The predicted octanol–water partition coefficient (Wildman–Crippen LogP) is 1.86. The number of alkyl halides is 3. The molecule has 2 heterocycles. The van der Waals surface area contributed by atoms with E-state index in [1.165, 1.54) is 11.3 Å². The molecule has 0 radical (unpaired) electrons. The van der Waals surface area contributed by atoms with Crippen LogP contribution in [0.4, 0.5) is 13.2 Å². The molecule has 0 unspecified atom stereocenters. The Morgan fingerprint density at radius 2 is 1.96 bits per heavy atom. The van der Waals surface area contributed by atoms with Crippen LogP contribution in [0.25, 0.3) is 0 Å². The largest absolute Gasteiger partial charge is 0.401 e. The number of nitrogens with zero attached hydrogens (tertiary/aromatic N) is 2. The molecule has 0 aromatic carbocycles. The summed E-state index contributed by atoms with van der Waals surface area (Å²) in [5.74, 6) is 0.583. The Balaban J connectivity index is 1.64. The van der Waals surface area contributed by atoms with Gasteiger partial charge in [-0.15, -0.1) is 0 Å². The van der Waals surface area contributed by atoms with Gasteiger partial charge in [-0.25, -0.2) is 0 Å². The molecule has 1 saturated carbocycles. The van der Waals surface area contributed by atoms with Crippen molar-refractivity contribution in [2.75, 3.05) is 45.8 Å². The summed E-state index contributed by atoms with van der Waals surface area (Å²) in [6, 6.07) is 0. The zero-order valence-electron chi connectivity index (χ0n) is 13.5. The van der Waals surface area contributed by atoms with Crippen LogP contribution in [0, 0.1) is 11.3 Å². The molecule has 3 fully saturated rings. The van der Waals surface area contributed by atoms with Gasteiger partial charge in [0.25, 0.3) is 0 Å². The first-order valence-corrected chi connectivity index (χ1v) is 8.70. The summed E-state index contributed by atoms with van der Waals surface area (Å²) in [6.45, 7) is 2.51. The Morgan fingerprint density at radius 3 is 2.74 bits per heavy atom. The fraction of sp³-hybridized carbons (Fsp3) is 0.938. The molecule has 2 aliphatic heterocycles. The van der Waals surface area contributed by atoms with Gasteiger partial charge in [0.05, 0.1) is 12.0 Å². The number of nitrogens with one attached hydrogen (secondary N) is 1. The van der Waals surface area contributed by atoms with Crippen molar-refractivity contribution < 1.29 is 18.0 Å². The first-order chi connectivity index (χ1) is 10.9. The van der Waals surface area contributed by atoms with Gasteiger partial charge in [0.2, 0.25) is 5.91 Å². The summed E-state index contributed by atoms with van der Waals surface area (Å²) >= 11 is 0. The van der Waals surface area contributed by atoms with Crippen molar-refractivity contribution in [3.05, 3.63) is 0 Å². The summed E-state index contributed by atoms with van der Waals surface area (Å²) < 4.78 is 37.7. The summed E-state index contributed by atoms with van der Waals surface area (Å²) in [5, 5.41) is 3.37. The van der Waals surface area contributed by atoms with Crippen molar-refractivity contribution in [1.29, 1.82) is 0 Å². The molecule has 2 atom stereocenters. The maximum Gasteiger partial charge on any atom is 0.401 e. The summed E-state index contributed by atoms with van der Waals surface area (Å²) in [5.41, 5.74) is -0.294. The molecule has 4 nitrogen and oxygen atoms in total. The second kappa shape index (κ2) is 6.59. The third-order valence-electron chi connectivity index (χ3n) is 5.74. The van der Waals surface area contributed by atoms with E-state index in [4.69, 9.17) is 0 Å². The Hall–Kier alpha value is -0.820. The fourth-order valence-electron chi connectivity index (χ4n) is 4.57. The second-order valence-electron chi connectivity index (χ2n) is 7.27. The number of hydrogen-bond donors (Lipinski definition) is 1. The molecule has 1 N–H and O–H groups in total. The standard InChI is InChI=1S/C16H26F3N3O/c17-16(18,19)12-21-6-3-7-22(9-8-21)14(23)15-5-2-1-4-13(15)10-20-11-15/h13,20H,1-12H2/t13-,15+/m0/s1. The van der Waals surface area contributed by atoms with Crippen molar-refractivity contribution in [1.82, 2.24) is 15.1 Å². The smallest absolute Gasteiger partial charge is 0.341 e. The van der Waals surface area contributed by atoms with Crippen LogP contribution in [-0.2, 0) is 4.79 Å². The summed E-state index contributed by atoms with van der Waals surface area (Å²) in [4.78, 5) is 16.4. The molecule has 1 amide bonds. The SMILES string of the molecule is O=C(N1CCCN(CC(F)(F)F)CC1)[C@@]12CCCC[C@H]1CNC2. The Kier molecular flexibility index (Phi) is 4.88. The van der Waals surface area contributed by atoms with Crippen molar-refractivity contribution in [2.24, 2.45) is 11.3 Å². The maximum absolute atomic E-state index is 13.1. The van der Waals surface area contributed by atoms with E-state index >= 15 is 0 Å². The Morgan fingerprint density at radius 1 is 1.13 bits per heavy atom. The number of halogens is 3. The number of carbonyl (C=O) groups excluding carboxylic acids is 1. The van der Waals surface area contributed by atoms with Gasteiger partial charge < -0.3 is 10.2 Å². The fourth-order valence-corrected chi connectivity index (χ4v) is 4.57. The molecule has 23 heavy (non-hydrogen) atoms. The molecule has 2 saturated heterocycles. The molecule has 3 aliphatic rings. The lowest BCUT2D eigenvalue weighted by Crippen LogP contribution is -2.50. The molecule has 3 rings (SSSR count). The average molecular weight is 333 g/mol. The zero-order valence-corrected chi connectivity index (χ0v) is 13.5. The van der Waals surface area contributed by atoms with E-state index in [1.807, 2.05) is 4.90 Å². The van der Waals surface area contributed by atoms with Gasteiger partial charge in [0.1, 0.15) is 0 Å². The molecule has 0 aromatic heterocycles. The monoisotopic (exact) mass is 333 g/mol. The topological polar surface area (TPSA) is 35.6 Å². The minimum absolute atomic E-state index is 0.182. The van der Waals surface area contributed by atoms with Crippen molar-refractivity contribution >= 4 is 5.91 Å². The third kappa shape index (κ3) is 3.65. The van der Waals surface area contributed by atoms with Gasteiger partial charge in [0, 0.05) is 32.7 Å². The van der Waals surface area contributed by atoms with Crippen molar-refractivity contribution in [2.45, 2.75) is 38.3 Å². The van der Waals surface area contributed by atoms with E-state index in [1.54, 1.807) is 0 Å². The summed E-state index contributed by atoms with van der Waals surface area (Å²) in [7, 11) is 0. The van der Waals surface area contributed by atoms with E-state index in [0.717, 1.165) is 32.4 Å². The van der Waals surface area contributed by atoms with Crippen LogP contribution in [0.3, 0.4) is 0 Å². The number of carbonyl (C=O) groups is 1. The predicted molar refractivity (Wildman–Crippen MR) is 81.0 cm³/mol. The van der Waals surface area contributed by atoms with Gasteiger partial charge in [0.15, 0.2) is 0 Å². The quantitative estimate of drug-likeness (QED) is 0.838. The lowest BCUT2D eigenvalue weighted by Gasteiger charge is -2.40. The highest BCUT2D eigenvalue weighted by Crippen LogP contribution is 2.45. The van der Waals surface area contributed by atoms with Gasteiger partial charge in [-0.1, -0.05) is 12.8 Å². The minimum atomic E-state index is -4.16. The van der Waals surface area contributed by atoms with Crippen molar-refractivity contribution in [3.63, 3.8) is 0 Å². The number of fused-ring (bicyclic) bond motifs is 1. The van der Waals surface area contributed by atoms with Crippen LogP contribution in [0.15, 0.2) is 0 Å². The molecular formula is C16H26F3N3O. The molecule has 7 heteroatoms. The van der Waals surface area contributed by atoms with E-state index in [9.17, 15) is 18.0 Å². The van der Waals surface area contributed by atoms with Gasteiger partial charge in [-0.3, -0.25) is 9.69 Å². The zero-order chi connectivity index (χ0) is 16.5. The first kappa shape index (κ1) is 17.0. The first-order valence-electron chi connectivity index (χ1n) is 8.70.